The van der Waals surface area contributed by atoms with Gasteiger partial charge in [0, 0.05) is 57.1 Å². The molecule has 0 aliphatic rings. The van der Waals surface area contributed by atoms with E-state index in [4.69, 9.17) is 13.6 Å². The summed E-state index contributed by atoms with van der Waals surface area (Å²) in [5.41, 5.74) is 2.13. The predicted octanol–water partition coefficient (Wildman–Crippen LogP) is 5.11. The van der Waals surface area contributed by atoms with Crippen LogP contribution in [0.1, 0.15) is 20.7 Å². The number of nitrogens with zero attached hydrogens (tertiary/aromatic N) is 2. The maximum atomic E-state index is 13.2. The van der Waals surface area contributed by atoms with Gasteiger partial charge in [-0.2, -0.15) is 0 Å². The van der Waals surface area contributed by atoms with Gasteiger partial charge < -0.3 is 24.2 Å². The van der Waals surface area contributed by atoms with E-state index in [0.717, 1.165) is 21.1 Å². The summed E-state index contributed by atoms with van der Waals surface area (Å²) >= 11 is 6.62. The van der Waals surface area contributed by atoms with E-state index in [9.17, 15) is 40.3 Å². The third kappa shape index (κ3) is 9.43. The average molecular weight is 922 g/mol. The minimum Gasteiger partial charge on any atom is -0.870 e. The second kappa shape index (κ2) is 17.3. The summed E-state index contributed by atoms with van der Waals surface area (Å²) in [5, 5.41) is 10.4. The number of carboxylic acids is 1. The molecular weight excluding hydrogens is 893 g/mol. The topological polar surface area (TPSA) is 195 Å². The van der Waals surface area contributed by atoms with Crippen molar-refractivity contribution in [2.45, 2.75) is 0 Å². The third-order valence-electron chi connectivity index (χ3n) is 8.00. The first-order valence-corrected chi connectivity index (χ1v) is 20.2. The van der Waals surface area contributed by atoms with Gasteiger partial charge >= 0.3 is 30.8 Å². The quantitative estimate of drug-likeness (QED) is 0.158. The molecule has 0 saturated heterocycles. The molecule has 0 unspecified atom stereocenters. The second-order valence-corrected chi connectivity index (χ2v) is 17.2. The number of sulfonamides is 2. The number of carbonyl (C=O) groups is 2. The van der Waals surface area contributed by atoms with Crippen LogP contribution in [0.25, 0.3) is 44.6 Å². The Labute approximate surface area is 342 Å². The summed E-state index contributed by atoms with van der Waals surface area (Å²) in [4.78, 5) is 24.1. The van der Waals surface area contributed by atoms with Gasteiger partial charge in [0.1, 0.15) is 45.4 Å². The zero-order valence-corrected chi connectivity index (χ0v) is 34.5. The smallest absolute Gasteiger partial charge is 0.870 e. The molecule has 0 atom stereocenters. The fraction of sp³-hybridized carbons (Fsp3) is 0.143. The number of ether oxygens (including phenoxy) is 1. The van der Waals surface area contributed by atoms with Gasteiger partial charge in [0.05, 0.1) is 31.0 Å². The predicted molar refractivity (Wildman–Crippen MR) is 205 cm³/mol. The summed E-state index contributed by atoms with van der Waals surface area (Å²) in [6.45, 7) is 0. The van der Waals surface area contributed by atoms with E-state index in [1.54, 1.807) is 6.07 Å². The Bertz CT molecular complexity index is 2640. The number of furan rings is 2. The van der Waals surface area contributed by atoms with Crippen LogP contribution in [0.15, 0.2) is 90.6 Å². The van der Waals surface area contributed by atoms with Gasteiger partial charge in [0.15, 0.2) is 0 Å². The number of halogens is 4. The number of carbonyl (C=O) groups excluding carboxylic acids is 1. The van der Waals surface area contributed by atoms with Crippen LogP contribution >= 0.6 is 31.9 Å². The first-order valence-electron chi connectivity index (χ1n) is 15.0. The Morgan fingerprint density at radius 1 is 0.691 bits per heavy atom. The molecule has 0 spiro atoms. The number of anilines is 2. The number of hydrogen-bond donors (Lipinski definition) is 1. The molecule has 0 fully saturated rings. The molecule has 286 valence electrons. The molecule has 0 aliphatic carbocycles. The van der Waals surface area contributed by atoms with Crippen molar-refractivity contribution in [3.8, 4) is 22.6 Å². The van der Waals surface area contributed by atoms with Crippen molar-refractivity contribution < 1.29 is 78.2 Å². The first-order chi connectivity index (χ1) is 24.7. The molecule has 6 rings (SSSR count). The van der Waals surface area contributed by atoms with Gasteiger partial charge in [0.2, 0.25) is 20.0 Å². The van der Waals surface area contributed by atoms with Crippen LogP contribution in [0.2, 0.25) is 0 Å². The van der Waals surface area contributed by atoms with Gasteiger partial charge in [-0.3, -0.25) is 8.61 Å². The van der Waals surface area contributed by atoms with Gasteiger partial charge in [-0.25, -0.2) is 35.2 Å². The molecule has 0 amide bonds. The minimum atomic E-state index is -3.52. The van der Waals surface area contributed by atoms with Crippen LogP contribution in [0.3, 0.4) is 0 Å². The Morgan fingerprint density at radius 3 is 1.36 bits per heavy atom. The van der Waals surface area contributed by atoms with Crippen LogP contribution < -0.4 is 27.5 Å². The van der Waals surface area contributed by atoms with Crippen LogP contribution in [0, 0.1) is 11.6 Å². The van der Waals surface area contributed by atoms with E-state index in [1.165, 1.54) is 87.9 Å². The standard InChI is InChI=1S/C18H15BrFNO5S.C17H13BrFNO5S.Li.H2O/c1-21(27(3,23)24)14-9-15-12(8-13(14)19)16(18(22)25-2)17(26-15)10-4-6-11(20)7-5-10;1-20(26(2,23)24)13-8-14-11(7-12(13)18)15(17(21)22)16(25-14)9-3-5-10(19)6-4-9;;/h4-9H,1-3H3;3-8H,1-2H3,(H,21,22);;1H2/q;;+1;/p-1. The van der Waals surface area contributed by atoms with E-state index >= 15 is 0 Å². The molecule has 0 radical (unpaired) electrons. The summed E-state index contributed by atoms with van der Waals surface area (Å²) in [5.74, 6) is -2.43. The zero-order valence-electron chi connectivity index (χ0n) is 29.7. The first kappa shape index (κ1) is 45.2. The molecule has 55 heavy (non-hydrogen) atoms. The van der Waals surface area contributed by atoms with E-state index in [1.807, 2.05) is 0 Å². The summed E-state index contributed by atoms with van der Waals surface area (Å²) < 4.78 is 93.1. The largest absolute Gasteiger partial charge is 1.00 e. The maximum Gasteiger partial charge on any atom is 1.00 e. The summed E-state index contributed by atoms with van der Waals surface area (Å²) in [7, 11) is -2.99. The monoisotopic (exact) mass is 920 g/mol. The Kier molecular flexibility index (Phi) is 14.2. The molecule has 4 aromatic carbocycles. The van der Waals surface area contributed by atoms with E-state index in [2.05, 4.69) is 31.9 Å². The van der Waals surface area contributed by atoms with Crippen LogP contribution in [-0.4, -0.2) is 73.1 Å². The maximum absolute atomic E-state index is 13.2. The molecule has 2 heterocycles. The van der Waals surface area contributed by atoms with Gasteiger partial charge in [-0.1, -0.05) is 0 Å². The zero-order chi connectivity index (χ0) is 39.2. The summed E-state index contributed by atoms with van der Waals surface area (Å²) in [6.07, 6.45) is 2.13. The summed E-state index contributed by atoms with van der Waals surface area (Å²) in [6, 6.07) is 16.7. The molecular formula is C35H29Br2F2LiN2O11S2. The number of rotatable bonds is 8. The molecule has 2 aromatic heterocycles. The third-order valence-corrected chi connectivity index (χ3v) is 11.7. The number of carboxylic acid groups (broad SMARTS) is 1. The average Bonchev–Trinajstić information content (AvgIpc) is 3.64. The SMILES string of the molecule is CN(c1cc2oc(-c3ccc(F)cc3)c(C(=O)O)c2cc1Br)S(C)(=O)=O.COC(=O)c1c(-c2ccc(F)cc2)oc2cc(N(C)S(C)(=O)=O)c(Br)cc12.[Li+].[OH-]. The molecule has 6 aromatic rings. The molecule has 0 saturated carbocycles. The van der Waals surface area contributed by atoms with Crippen LogP contribution in [-0.2, 0) is 24.8 Å². The number of benzene rings is 4. The van der Waals surface area contributed by atoms with Crippen molar-refractivity contribution in [1.82, 2.24) is 0 Å². The number of methoxy groups -OCH3 is 1. The van der Waals surface area contributed by atoms with Crippen LogP contribution in [0.4, 0.5) is 20.2 Å². The van der Waals surface area contributed by atoms with Gasteiger partial charge in [-0.15, -0.1) is 0 Å². The Hall–Kier alpha value is -4.22. The molecule has 2 N–H and O–H groups in total. The minimum absolute atomic E-state index is 0. The molecule has 0 bridgehead atoms. The fourth-order valence-electron chi connectivity index (χ4n) is 5.18. The number of esters is 1. The van der Waals surface area contributed by atoms with Crippen molar-refractivity contribution in [3.05, 3.63) is 105 Å². The van der Waals surface area contributed by atoms with Crippen molar-refractivity contribution in [1.29, 1.82) is 0 Å². The van der Waals surface area contributed by atoms with E-state index < -0.39 is 43.6 Å². The Balaban J connectivity index is 0.000000285. The molecule has 13 nitrogen and oxygen atoms in total. The van der Waals surface area contributed by atoms with Crippen molar-refractivity contribution >= 4 is 97.2 Å². The van der Waals surface area contributed by atoms with E-state index in [0.29, 0.717) is 47.8 Å². The van der Waals surface area contributed by atoms with Crippen molar-refractivity contribution in [2.24, 2.45) is 0 Å². The van der Waals surface area contributed by atoms with E-state index in [-0.39, 0.29) is 52.6 Å². The van der Waals surface area contributed by atoms with Gasteiger partial charge in [-0.05, 0) is 92.5 Å². The normalized spacial score (nSPS) is 11.2. The number of aromatic carboxylic acids is 1. The molecule has 0 aliphatic heterocycles. The van der Waals surface area contributed by atoms with Crippen molar-refractivity contribution in [2.75, 3.05) is 42.3 Å². The molecule has 20 heteroatoms. The number of fused-ring (bicyclic) bond motifs is 2. The van der Waals surface area contributed by atoms with Crippen molar-refractivity contribution in [3.63, 3.8) is 0 Å². The van der Waals surface area contributed by atoms with Crippen LogP contribution in [0.5, 0.6) is 0 Å². The second-order valence-electron chi connectivity index (χ2n) is 11.5. The Morgan fingerprint density at radius 2 is 1.04 bits per heavy atom. The van der Waals surface area contributed by atoms with Gasteiger partial charge in [0.25, 0.3) is 0 Å². The fourth-order valence-corrected chi connectivity index (χ4v) is 7.65. The number of hydrogen-bond acceptors (Lipinski definition) is 10.